The van der Waals surface area contributed by atoms with Crippen molar-refractivity contribution in [2.24, 2.45) is 5.73 Å². The topological polar surface area (TPSA) is 61.5 Å². The van der Waals surface area contributed by atoms with Crippen molar-refractivity contribution >= 4 is 11.5 Å². The number of hydrogen-bond donors (Lipinski definition) is 1. The lowest BCUT2D eigenvalue weighted by Crippen LogP contribution is -2.08. The molecule has 0 saturated heterocycles. The molecule has 2 N–H and O–H groups in total. The molecule has 0 heterocycles. The van der Waals surface area contributed by atoms with Gasteiger partial charge in [-0.15, -0.1) is 0 Å². The first-order valence-corrected chi connectivity index (χ1v) is 6.44. The molecule has 0 radical (unpaired) electrons. The van der Waals surface area contributed by atoms with E-state index in [1.165, 1.54) is 6.08 Å². The first-order valence-electron chi connectivity index (χ1n) is 6.44. The Kier molecular flexibility index (Phi) is 4.61. The van der Waals surface area contributed by atoms with Gasteiger partial charge in [-0.2, -0.15) is 0 Å². The molecule has 21 heavy (non-hydrogen) atoms. The van der Waals surface area contributed by atoms with Gasteiger partial charge in [0.05, 0.1) is 14.2 Å². The fourth-order valence-corrected chi connectivity index (χ4v) is 2.10. The second kappa shape index (κ2) is 6.61. The quantitative estimate of drug-likeness (QED) is 0.858. The molecular formula is C17H17NO3. The molecule has 0 unspecified atom stereocenters. The van der Waals surface area contributed by atoms with Gasteiger partial charge in [0.1, 0.15) is 11.5 Å². The van der Waals surface area contributed by atoms with Crippen LogP contribution < -0.4 is 15.2 Å². The van der Waals surface area contributed by atoms with E-state index < -0.39 is 5.91 Å². The second-order valence-corrected chi connectivity index (χ2v) is 4.39. The average molecular weight is 283 g/mol. The number of primary amides is 1. The van der Waals surface area contributed by atoms with Crippen molar-refractivity contribution in [1.29, 1.82) is 0 Å². The SMILES string of the molecule is COc1ccc(C(=CC(N)=O)c2ccccc2OC)cc1. The van der Waals surface area contributed by atoms with Gasteiger partial charge in [0.2, 0.25) is 5.91 Å². The average Bonchev–Trinajstić information content (AvgIpc) is 2.52. The number of carbonyl (C=O) groups excluding carboxylic acids is 1. The summed E-state index contributed by atoms with van der Waals surface area (Å²) in [6.45, 7) is 0. The lowest BCUT2D eigenvalue weighted by molar-refractivity contribution is -0.113. The highest BCUT2D eigenvalue weighted by atomic mass is 16.5. The van der Waals surface area contributed by atoms with Crippen LogP contribution in [-0.2, 0) is 4.79 Å². The van der Waals surface area contributed by atoms with E-state index in [1.807, 2.05) is 48.5 Å². The van der Waals surface area contributed by atoms with Gasteiger partial charge < -0.3 is 15.2 Å². The number of nitrogens with two attached hydrogens (primary N) is 1. The zero-order valence-electron chi connectivity index (χ0n) is 12.0. The minimum absolute atomic E-state index is 0.508. The maximum atomic E-state index is 11.4. The van der Waals surface area contributed by atoms with E-state index in [0.29, 0.717) is 11.3 Å². The van der Waals surface area contributed by atoms with Crippen LogP contribution in [0.25, 0.3) is 5.57 Å². The van der Waals surface area contributed by atoms with Crippen LogP contribution in [0.3, 0.4) is 0 Å². The Morgan fingerprint density at radius 3 is 2.24 bits per heavy atom. The smallest absolute Gasteiger partial charge is 0.242 e. The second-order valence-electron chi connectivity index (χ2n) is 4.39. The lowest BCUT2D eigenvalue weighted by atomic mass is 9.96. The van der Waals surface area contributed by atoms with E-state index in [2.05, 4.69) is 0 Å². The zero-order chi connectivity index (χ0) is 15.2. The summed E-state index contributed by atoms with van der Waals surface area (Å²) in [6, 6.07) is 14.9. The van der Waals surface area contributed by atoms with Crippen LogP contribution in [0, 0.1) is 0 Å². The van der Waals surface area contributed by atoms with Crippen LogP contribution in [0.1, 0.15) is 11.1 Å². The number of rotatable bonds is 5. The molecule has 108 valence electrons. The van der Waals surface area contributed by atoms with Crippen LogP contribution in [-0.4, -0.2) is 20.1 Å². The predicted octanol–water partition coefficient (Wildman–Crippen LogP) is 2.62. The summed E-state index contributed by atoms with van der Waals surface area (Å²) in [6.07, 6.45) is 1.40. The number of methoxy groups -OCH3 is 2. The molecule has 0 aliphatic carbocycles. The van der Waals surface area contributed by atoms with Gasteiger partial charge in [-0.05, 0) is 29.3 Å². The molecule has 0 spiro atoms. The number of hydrogen-bond acceptors (Lipinski definition) is 3. The molecule has 0 bridgehead atoms. The van der Waals surface area contributed by atoms with E-state index >= 15 is 0 Å². The summed E-state index contributed by atoms with van der Waals surface area (Å²) in [7, 11) is 3.20. The molecule has 0 atom stereocenters. The minimum atomic E-state index is -0.508. The van der Waals surface area contributed by atoms with Crippen LogP contribution >= 0.6 is 0 Å². The van der Waals surface area contributed by atoms with Gasteiger partial charge in [0, 0.05) is 11.6 Å². The maximum Gasteiger partial charge on any atom is 0.242 e. The highest BCUT2D eigenvalue weighted by Crippen LogP contribution is 2.31. The standard InChI is InChI=1S/C17H17NO3/c1-20-13-9-7-12(8-10-13)15(11-17(18)19)14-5-3-4-6-16(14)21-2/h3-11H,1-2H3,(H2,18,19). The Labute approximate surface area is 123 Å². The Morgan fingerprint density at radius 2 is 1.67 bits per heavy atom. The Balaban J connectivity index is 2.55. The van der Waals surface area contributed by atoms with Crippen LogP contribution in [0.2, 0.25) is 0 Å². The third-order valence-electron chi connectivity index (χ3n) is 3.08. The molecule has 0 fully saturated rings. The van der Waals surface area contributed by atoms with E-state index in [1.54, 1.807) is 14.2 Å². The summed E-state index contributed by atoms with van der Waals surface area (Å²) in [5, 5.41) is 0. The summed E-state index contributed by atoms with van der Waals surface area (Å²) < 4.78 is 10.5. The van der Waals surface area contributed by atoms with Crippen LogP contribution in [0.5, 0.6) is 11.5 Å². The number of para-hydroxylation sites is 1. The molecule has 4 nitrogen and oxygen atoms in total. The van der Waals surface area contributed by atoms with Gasteiger partial charge in [-0.25, -0.2) is 0 Å². The summed E-state index contributed by atoms with van der Waals surface area (Å²) in [5.74, 6) is 0.921. The first kappa shape index (κ1) is 14.7. The highest BCUT2D eigenvalue weighted by Gasteiger charge is 2.11. The number of ether oxygens (including phenoxy) is 2. The molecule has 2 rings (SSSR count). The van der Waals surface area contributed by atoms with Gasteiger partial charge in [0.25, 0.3) is 0 Å². The van der Waals surface area contributed by atoms with E-state index in [9.17, 15) is 4.79 Å². The fraction of sp³-hybridized carbons (Fsp3) is 0.118. The Hall–Kier alpha value is -2.75. The van der Waals surface area contributed by atoms with Gasteiger partial charge >= 0.3 is 0 Å². The van der Waals surface area contributed by atoms with E-state index in [0.717, 1.165) is 16.9 Å². The third kappa shape index (κ3) is 3.42. The third-order valence-corrected chi connectivity index (χ3v) is 3.08. The van der Waals surface area contributed by atoms with Gasteiger partial charge in [-0.1, -0.05) is 30.3 Å². The normalized spacial score (nSPS) is 11.0. The minimum Gasteiger partial charge on any atom is -0.497 e. The molecule has 2 aromatic carbocycles. The van der Waals surface area contributed by atoms with Crippen molar-refractivity contribution in [3.05, 3.63) is 65.7 Å². The number of carbonyl (C=O) groups is 1. The lowest BCUT2D eigenvalue weighted by Gasteiger charge is -2.12. The van der Waals surface area contributed by atoms with Crippen molar-refractivity contribution in [3.63, 3.8) is 0 Å². The fourth-order valence-electron chi connectivity index (χ4n) is 2.10. The molecule has 0 aliphatic heterocycles. The zero-order valence-corrected chi connectivity index (χ0v) is 12.0. The molecule has 0 aliphatic rings. The summed E-state index contributed by atoms with van der Waals surface area (Å²) in [4.78, 5) is 11.4. The summed E-state index contributed by atoms with van der Waals surface area (Å²) >= 11 is 0. The molecule has 0 aromatic heterocycles. The summed E-state index contributed by atoms with van der Waals surface area (Å²) in [5.41, 5.74) is 7.72. The Bertz CT molecular complexity index is 660. The molecular weight excluding hydrogens is 266 g/mol. The van der Waals surface area contributed by atoms with Crippen molar-refractivity contribution in [3.8, 4) is 11.5 Å². The highest BCUT2D eigenvalue weighted by molar-refractivity contribution is 5.99. The number of amides is 1. The molecule has 1 amide bonds. The van der Waals surface area contributed by atoms with Crippen molar-refractivity contribution < 1.29 is 14.3 Å². The van der Waals surface area contributed by atoms with Crippen LogP contribution in [0.15, 0.2) is 54.6 Å². The first-order chi connectivity index (χ1) is 10.2. The molecule has 2 aromatic rings. The van der Waals surface area contributed by atoms with Crippen molar-refractivity contribution in [2.75, 3.05) is 14.2 Å². The maximum absolute atomic E-state index is 11.4. The largest absolute Gasteiger partial charge is 0.497 e. The number of benzene rings is 2. The molecule has 0 saturated carbocycles. The predicted molar refractivity (Wildman–Crippen MR) is 82.3 cm³/mol. The van der Waals surface area contributed by atoms with E-state index in [-0.39, 0.29) is 0 Å². The van der Waals surface area contributed by atoms with Gasteiger partial charge in [0.15, 0.2) is 0 Å². The van der Waals surface area contributed by atoms with Crippen molar-refractivity contribution in [1.82, 2.24) is 0 Å². The Morgan fingerprint density at radius 1 is 1.00 bits per heavy atom. The monoisotopic (exact) mass is 283 g/mol. The van der Waals surface area contributed by atoms with E-state index in [4.69, 9.17) is 15.2 Å². The van der Waals surface area contributed by atoms with Crippen LogP contribution in [0.4, 0.5) is 0 Å². The van der Waals surface area contributed by atoms with Crippen molar-refractivity contribution in [2.45, 2.75) is 0 Å². The molecule has 4 heteroatoms. The van der Waals surface area contributed by atoms with Gasteiger partial charge in [-0.3, -0.25) is 4.79 Å².